The lowest BCUT2D eigenvalue weighted by Gasteiger charge is -2.36. The first-order chi connectivity index (χ1) is 13.9. The van der Waals surface area contributed by atoms with E-state index in [1.165, 1.54) is 12.1 Å². The van der Waals surface area contributed by atoms with Gasteiger partial charge in [-0.2, -0.15) is 0 Å². The number of halogens is 1. The number of benzene rings is 2. The normalized spacial score (nSPS) is 15.5. The zero-order valence-electron chi connectivity index (χ0n) is 16.9. The van der Waals surface area contributed by atoms with Crippen molar-refractivity contribution in [1.82, 2.24) is 9.62 Å². The Morgan fingerprint density at radius 3 is 2.38 bits per heavy atom. The molecule has 0 atom stereocenters. The third-order valence-electron chi connectivity index (χ3n) is 5.04. The average molecular weight is 422 g/mol. The molecule has 29 heavy (non-hydrogen) atoms. The lowest BCUT2D eigenvalue weighted by molar-refractivity contribution is 0.262. The SMILES string of the molecule is CCOc1ccc(S(=O)(=O)NCCN2CCN(c3ccc(F)cc3)CC2)cc1C. The molecule has 8 heteroatoms. The van der Waals surface area contributed by atoms with Crippen LogP contribution >= 0.6 is 0 Å². The van der Waals surface area contributed by atoms with Crippen LogP contribution in [-0.4, -0.2) is 59.2 Å². The van der Waals surface area contributed by atoms with E-state index in [4.69, 9.17) is 4.74 Å². The third-order valence-corrected chi connectivity index (χ3v) is 6.50. The van der Waals surface area contributed by atoms with E-state index in [0.717, 1.165) is 37.4 Å². The van der Waals surface area contributed by atoms with Gasteiger partial charge in [-0.15, -0.1) is 0 Å². The molecule has 1 aliphatic rings. The summed E-state index contributed by atoms with van der Waals surface area (Å²) in [5.74, 6) is 0.466. The molecule has 1 N–H and O–H groups in total. The maximum Gasteiger partial charge on any atom is 0.240 e. The van der Waals surface area contributed by atoms with Crippen LogP contribution < -0.4 is 14.4 Å². The zero-order chi connectivity index (χ0) is 20.9. The van der Waals surface area contributed by atoms with E-state index < -0.39 is 10.0 Å². The third kappa shape index (κ3) is 5.68. The number of hydrogen-bond donors (Lipinski definition) is 1. The summed E-state index contributed by atoms with van der Waals surface area (Å²) in [5, 5.41) is 0. The number of rotatable bonds is 8. The van der Waals surface area contributed by atoms with Gasteiger partial charge in [-0.3, -0.25) is 4.90 Å². The summed E-state index contributed by atoms with van der Waals surface area (Å²) in [6.45, 7) is 8.60. The standard InChI is InChI=1S/C21H28FN3O3S/c1-3-28-21-9-8-20(16-17(21)2)29(26,27)23-10-11-24-12-14-25(15-13-24)19-6-4-18(22)5-7-19/h4-9,16,23H,3,10-15H2,1-2H3. The van der Waals surface area contributed by atoms with E-state index in [1.54, 1.807) is 30.3 Å². The van der Waals surface area contributed by atoms with Crippen LogP contribution in [0.15, 0.2) is 47.4 Å². The van der Waals surface area contributed by atoms with Gasteiger partial charge >= 0.3 is 0 Å². The molecule has 0 aliphatic carbocycles. The van der Waals surface area contributed by atoms with Crippen molar-refractivity contribution in [3.05, 3.63) is 53.8 Å². The van der Waals surface area contributed by atoms with Gasteiger partial charge in [-0.05, 0) is 61.9 Å². The molecule has 0 saturated carbocycles. The molecule has 0 unspecified atom stereocenters. The first-order valence-corrected chi connectivity index (χ1v) is 11.3. The highest BCUT2D eigenvalue weighted by atomic mass is 32.2. The van der Waals surface area contributed by atoms with Crippen LogP contribution in [0.25, 0.3) is 0 Å². The van der Waals surface area contributed by atoms with E-state index in [-0.39, 0.29) is 10.7 Å². The summed E-state index contributed by atoms with van der Waals surface area (Å²) in [4.78, 5) is 4.69. The Kier molecular flexibility index (Phi) is 7.10. The first kappa shape index (κ1) is 21.5. The van der Waals surface area contributed by atoms with Crippen molar-refractivity contribution in [3.63, 3.8) is 0 Å². The molecule has 0 spiro atoms. The van der Waals surface area contributed by atoms with Crippen LogP contribution in [0, 0.1) is 12.7 Å². The molecule has 2 aromatic rings. The number of anilines is 1. The van der Waals surface area contributed by atoms with Crippen molar-refractivity contribution in [2.45, 2.75) is 18.7 Å². The van der Waals surface area contributed by atoms with Crippen LogP contribution in [0.5, 0.6) is 5.75 Å². The topological polar surface area (TPSA) is 61.9 Å². The fourth-order valence-corrected chi connectivity index (χ4v) is 4.52. The van der Waals surface area contributed by atoms with Gasteiger partial charge in [0.2, 0.25) is 10.0 Å². The lowest BCUT2D eigenvalue weighted by atomic mass is 10.2. The predicted octanol–water partition coefficient (Wildman–Crippen LogP) is 2.63. The van der Waals surface area contributed by atoms with Gasteiger partial charge in [0.15, 0.2) is 0 Å². The van der Waals surface area contributed by atoms with Crippen molar-refractivity contribution >= 4 is 15.7 Å². The Labute approximate surface area is 172 Å². The fraction of sp³-hybridized carbons (Fsp3) is 0.429. The summed E-state index contributed by atoms with van der Waals surface area (Å²) < 4.78 is 46.3. The fourth-order valence-electron chi connectivity index (χ4n) is 3.41. The average Bonchev–Trinajstić information content (AvgIpc) is 2.71. The number of nitrogens with zero attached hydrogens (tertiary/aromatic N) is 2. The summed E-state index contributed by atoms with van der Waals surface area (Å²) >= 11 is 0. The summed E-state index contributed by atoms with van der Waals surface area (Å²) in [6, 6.07) is 11.4. The summed E-state index contributed by atoms with van der Waals surface area (Å²) in [7, 11) is -3.55. The highest BCUT2D eigenvalue weighted by Crippen LogP contribution is 2.22. The van der Waals surface area contributed by atoms with Gasteiger partial charge in [0.1, 0.15) is 11.6 Å². The van der Waals surface area contributed by atoms with Crippen LogP contribution in [0.3, 0.4) is 0 Å². The molecule has 0 radical (unpaired) electrons. The number of hydrogen-bond acceptors (Lipinski definition) is 5. The van der Waals surface area contributed by atoms with Crippen molar-refractivity contribution in [3.8, 4) is 5.75 Å². The number of sulfonamides is 1. The molecule has 1 aliphatic heterocycles. The second-order valence-corrected chi connectivity index (χ2v) is 8.83. The molecule has 1 saturated heterocycles. The van der Waals surface area contributed by atoms with E-state index in [9.17, 15) is 12.8 Å². The number of ether oxygens (including phenoxy) is 1. The number of aryl methyl sites for hydroxylation is 1. The Balaban J connectivity index is 1.47. The highest BCUT2D eigenvalue weighted by molar-refractivity contribution is 7.89. The Bertz CT molecular complexity index is 911. The molecule has 0 aromatic heterocycles. The second-order valence-electron chi connectivity index (χ2n) is 7.06. The molecule has 2 aromatic carbocycles. The molecular weight excluding hydrogens is 393 g/mol. The molecule has 0 bridgehead atoms. The quantitative estimate of drug-likeness (QED) is 0.710. The molecular formula is C21H28FN3O3S. The van der Waals surface area contributed by atoms with E-state index in [0.29, 0.717) is 25.4 Å². The van der Waals surface area contributed by atoms with Gasteiger partial charge in [-0.1, -0.05) is 0 Å². The second kappa shape index (κ2) is 9.56. The minimum absolute atomic E-state index is 0.234. The van der Waals surface area contributed by atoms with Gasteiger partial charge in [0.25, 0.3) is 0 Å². The maximum absolute atomic E-state index is 13.1. The molecule has 158 valence electrons. The van der Waals surface area contributed by atoms with Gasteiger partial charge in [0.05, 0.1) is 11.5 Å². The lowest BCUT2D eigenvalue weighted by Crippen LogP contribution is -2.48. The van der Waals surface area contributed by atoms with Crippen molar-refractivity contribution in [2.75, 3.05) is 50.8 Å². The largest absolute Gasteiger partial charge is 0.494 e. The Morgan fingerprint density at radius 2 is 1.76 bits per heavy atom. The van der Waals surface area contributed by atoms with Crippen LogP contribution in [0.4, 0.5) is 10.1 Å². The monoisotopic (exact) mass is 421 g/mol. The number of nitrogens with one attached hydrogen (secondary N) is 1. The van der Waals surface area contributed by atoms with Crippen LogP contribution in [0.2, 0.25) is 0 Å². The number of piperazine rings is 1. The van der Waals surface area contributed by atoms with E-state index >= 15 is 0 Å². The van der Waals surface area contributed by atoms with E-state index in [1.807, 2.05) is 13.8 Å². The van der Waals surface area contributed by atoms with Gasteiger partial charge < -0.3 is 9.64 Å². The predicted molar refractivity (Wildman–Crippen MR) is 113 cm³/mol. The van der Waals surface area contributed by atoms with Crippen molar-refractivity contribution in [1.29, 1.82) is 0 Å². The summed E-state index contributed by atoms with van der Waals surface area (Å²) in [5.41, 5.74) is 1.81. The Hall–Kier alpha value is -2.16. The zero-order valence-corrected chi connectivity index (χ0v) is 17.7. The minimum Gasteiger partial charge on any atom is -0.494 e. The van der Waals surface area contributed by atoms with Gasteiger partial charge in [-0.25, -0.2) is 17.5 Å². The summed E-state index contributed by atoms with van der Waals surface area (Å²) in [6.07, 6.45) is 0. The van der Waals surface area contributed by atoms with Crippen LogP contribution in [0.1, 0.15) is 12.5 Å². The Morgan fingerprint density at radius 1 is 1.07 bits per heavy atom. The maximum atomic E-state index is 13.1. The smallest absolute Gasteiger partial charge is 0.240 e. The highest BCUT2D eigenvalue weighted by Gasteiger charge is 2.19. The molecule has 0 amide bonds. The van der Waals surface area contributed by atoms with Crippen molar-refractivity contribution < 1.29 is 17.5 Å². The van der Waals surface area contributed by atoms with Crippen molar-refractivity contribution in [2.24, 2.45) is 0 Å². The molecule has 6 nitrogen and oxygen atoms in total. The molecule has 1 heterocycles. The first-order valence-electron chi connectivity index (χ1n) is 9.85. The molecule has 1 fully saturated rings. The van der Waals surface area contributed by atoms with Gasteiger partial charge in [0, 0.05) is 45.0 Å². The minimum atomic E-state index is -3.55. The van der Waals surface area contributed by atoms with E-state index in [2.05, 4.69) is 14.5 Å². The van der Waals surface area contributed by atoms with Crippen LogP contribution in [-0.2, 0) is 10.0 Å². The molecule has 3 rings (SSSR count).